The molecule has 1 heterocycles. The lowest BCUT2D eigenvalue weighted by molar-refractivity contribution is 0.124. The molecule has 0 radical (unpaired) electrons. The molecule has 90 valence electrons. The number of ether oxygens (including phenoxy) is 1. The summed E-state index contributed by atoms with van der Waals surface area (Å²) >= 11 is 0. The molecule has 16 heavy (non-hydrogen) atoms. The van der Waals surface area contributed by atoms with Crippen LogP contribution < -0.4 is 11.3 Å². The van der Waals surface area contributed by atoms with E-state index in [0.29, 0.717) is 18.6 Å². The van der Waals surface area contributed by atoms with Crippen LogP contribution >= 0.6 is 0 Å². The predicted octanol–water partition coefficient (Wildman–Crippen LogP) is 1.54. The highest BCUT2D eigenvalue weighted by atomic mass is 19.1. The van der Waals surface area contributed by atoms with E-state index in [-0.39, 0.29) is 11.9 Å². The van der Waals surface area contributed by atoms with Crippen molar-refractivity contribution in [2.45, 2.75) is 25.8 Å². The fraction of sp³-hybridized carbons (Fsp3) is 0.545. The van der Waals surface area contributed by atoms with Gasteiger partial charge in [0.15, 0.2) is 0 Å². The van der Waals surface area contributed by atoms with Crippen LogP contribution in [0.1, 0.15) is 31.4 Å². The van der Waals surface area contributed by atoms with Gasteiger partial charge in [0.25, 0.3) is 0 Å². The van der Waals surface area contributed by atoms with Crippen molar-refractivity contribution in [3.8, 4) is 0 Å². The topological polar surface area (TPSA) is 60.2 Å². The van der Waals surface area contributed by atoms with Gasteiger partial charge in [0, 0.05) is 25.0 Å². The van der Waals surface area contributed by atoms with Gasteiger partial charge in [-0.05, 0) is 18.9 Å². The molecule has 3 N–H and O–H groups in total. The molecule has 0 aromatic carbocycles. The van der Waals surface area contributed by atoms with E-state index in [0.717, 1.165) is 13.0 Å². The van der Waals surface area contributed by atoms with E-state index in [1.807, 2.05) is 6.92 Å². The summed E-state index contributed by atoms with van der Waals surface area (Å²) in [4.78, 5) is 3.70. The molecule has 0 amide bonds. The summed E-state index contributed by atoms with van der Waals surface area (Å²) in [5.41, 5.74) is 3.11. The standard InChI is InChI=1S/C11H18FN3O/c1-2-6-16-7-4-11(15-13)9-3-5-14-8-10(9)12/h3,5,8,11,15H,2,4,6-7,13H2,1H3. The second kappa shape index (κ2) is 7.27. The Morgan fingerprint density at radius 2 is 2.38 bits per heavy atom. The van der Waals surface area contributed by atoms with E-state index >= 15 is 0 Å². The molecule has 1 unspecified atom stereocenters. The Morgan fingerprint density at radius 1 is 1.56 bits per heavy atom. The molecule has 4 nitrogen and oxygen atoms in total. The number of hydrogen-bond donors (Lipinski definition) is 2. The smallest absolute Gasteiger partial charge is 0.146 e. The molecule has 0 aliphatic carbocycles. The van der Waals surface area contributed by atoms with Gasteiger partial charge in [0.1, 0.15) is 5.82 Å². The third kappa shape index (κ3) is 3.84. The lowest BCUT2D eigenvalue weighted by Crippen LogP contribution is -2.29. The maximum absolute atomic E-state index is 13.4. The molecule has 1 atom stereocenters. The zero-order valence-corrected chi connectivity index (χ0v) is 9.45. The van der Waals surface area contributed by atoms with Gasteiger partial charge in [-0.15, -0.1) is 0 Å². The maximum Gasteiger partial charge on any atom is 0.146 e. The third-order valence-corrected chi connectivity index (χ3v) is 2.28. The van der Waals surface area contributed by atoms with Crippen molar-refractivity contribution < 1.29 is 9.13 Å². The monoisotopic (exact) mass is 227 g/mol. The SMILES string of the molecule is CCCOCCC(NN)c1ccncc1F. The highest BCUT2D eigenvalue weighted by molar-refractivity contribution is 5.17. The van der Waals surface area contributed by atoms with Crippen molar-refractivity contribution >= 4 is 0 Å². The quantitative estimate of drug-likeness (QED) is 0.421. The second-order valence-corrected chi connectivity index (χ2v) is 3.52. The van der Waals surface area contributed by atoms with Crippen LogP contribution in [0.3, 0.4) is 0 Å². The molecule has 0 saturated carbocycles. The van der Waals surface area contributed by atoms with Crippen LogP contribution in [0.2, 0.25) is 0 Å². The lowest BCUT2D eigenvalue weighted by atomic mass is 10.1. The minimum atomic E-state index is -0.346. The minimum Gasteiger partial charge on any atom is -0.381 e. The van der Waals surface area contributed by atoms with Crippen LogP contribution in [0.4, 0.5) is 4.39 Å². The Kier molecular flexibility index (Phi) is 5.92. The van der Waals surface area contributed by atoms with Gasteiger partial charge in [0.05, 0.1) is 12.2 Å². The largest absolute Gasteiger partial charge is 0.381 e. The Balaban J connectivity index is 2.51. The van der Waals surface area contributed by atoms with Crippen molar-refractivity contribution in [3.63, 3.8) is 0 Å². The summed E-state index contributed by atoms with van der Waals surface area (Å²) in [5, 5.41) is 0. The van der Waals surface area contributed by atoms with Gasteiger partial charge < -0.3 is 4.74 Å². The zero-order chi connectivity index (χ0) is 11.8. The van der Waals surface area contributed by atoms with Crippen LogP contribution in [-0.4, -0.2) is 18.2 Å². The van der Waals surface area contributed by atoms with E-state index in [1.165, 1.54) is 6.20 Å². The fourth-order valence-corrected chi connectivity index (χ4v) is 1.44. The molecule has 1 rings (SSSR count). The molecule has 0 saturated heterocycles. The number of halogens is 1. The Hall–Kier alpha value is -1.04. The van der Waals surface area contributed by atoms with Gasteiger partial charge in [-0.3, -0.25) is 16.3 Å². The van der Waals surface area contributed by atoms with Crippen molar-refractivity contribution in [3.05, 3.63) is 29.8 Å². The first kappa shape index (κ1) is 13.0. The van der Waals surface area contributed by atoms with Crippen molar-refractivity contribution in [1.82, 2.24) is 10.4 Å². The lowest BCUT2D eigenvalue weighted by Gasteiger charge is -2.16. The summed E-state index contributed by atoms with van der Waals surface area (Å²) in [6.07, 6.45) is 4.35. The molecule has 5 heteroatoms. The molecule has 0 aliphatic heterocycles. The van der Waals surface area contributed by atoms with Crippen LogP contribution in [0.25, 0.3) is 0 Å². The normalized spacial score (nSPS) is 12.7. The van der Waals surface area contributed by atoms with Crippen molar-refractivity contribution in [1.29, 1.82) is 0 Å². The van der Waals surface area contributed by atoms with E-state index < -0.39 is 0 Å². The predicted molar refractivity (Wildman–Crippen MR) is 60.0 cm³/mol. The molecular formula is C11H18FN3O. The summed E-state index contributed by atoms with van der Waals surface area (Å²) in [6.45, 7) is 3.32. The van der Waals surface area contributed by atoms with Gasteiger partial charge >= 0.3 is 0 Å². The maximum atomic E-state index is 13.4. The summed E-state index contributed by atoms with van der Waals surface area (Å²) in [5.74, 6) is 5.05. The minimum absolute atomic E-state index is 0.236. The Bertz CT molecular complexity index is 309. The first-order valence-corrected chi connectivity index (χ1v) is 5.42. The average Bonchev–Trinajstić information content (AvgIpc) is 2.31. The molecule has 0 bridgehead atoms. The first-order valence-electron chi connectivity index (χ1n) is 5.42. The van der Waals surface area contributed by atoms with Gasteiger partial charge in [0.2, 0.25) is 0 Å². The number of aromatic nitrogens is 1. The van der Waals surface area contributed by atoms with Crippen LogP contribution in [0, 0.1) is 5.82 Å². The number of nitrogens with zero attached hydrogens (tertiary/aromatic N) is 1. The van der Waals surface area contributed by atoms with E-state index in [9.17, 15) is 4.39 Å². The number of pyridine rings is 1. The Labute approximate surface area is 95.0 Å². The number of nitrogens with two attached hydrogens (primary N) is 1. The fourth-order valence-electron chi connectivity index (χ4n) is 1.44. The van der Waals surface area contributed by atoms with E-state index in [2.05, 4.69) is 10.4 Å². The molecule has 0 spiro atoms. The summed E-state index contributed by atoms with van der Waals surface area (Å²) < 4.78 is 18.7. The summed E-state index contributed by atoms with van der Waals surface area (Å²) in [6, 6.07) is 1.39. The Morgan fingerprint density at radius 3 is 3.00 bits per heavy atom. The third-order valence-electron chi connectivity index (χ3n) is 2.28. The first-order chi connectivity index (χ1) is 7.79. The van der Waals surface area contributed by atoms with Crippen molar-refractivity contribution in [2.24, 2.45) is 5.84 Å². The zero-order valence-electron chi connectivity index (χ0n) is 9.45. The van der Waals surface area contributed by atoms with Gasteiger partial charge in [-0.1, -0.05) is 6.92 Å². The second-order valence-electron chi connectivity index (χ2n) is 3.52. The highest BCUT2D eigenvalue weighted by Crippen LogP contribution is 2.18. The average molecular weight is 227 g/mol. The summed E-state index contributed by atoms with van der Waals surface area (Å²) in [7, 11) is 0. The van der Waals surface area contributed by atoms with Crippen molar-refractivity contribution in [2.75, 3.05) is 13.2 Å². The van der Waals surface area contributed by atoms with Gasteiger partial charge in [-0.25, -0.2) is 4.39 Å². The van der Waals surface area contributed by atoms with Crippen LogP contribution in [0.5, 0.6) is 0 Å². The molecule has 0 aliphatic rings. The number of hydrogen-bond acceptors (Lipinski definition) is 4. The molecule has 1 aromatic rings. The van der Waals surface area contributed by atoms with Crippen LogP contribution in [0.15, 0.2) is 18.5 Å². The van der Waals surface area contributed by atoms with E-state index in [4.69, 9.17) is 10.6 Å². The molecular weight excluding hydrogens is 209 g/mol. The highest BCUT2D eigenvalue weighted by Gasteiger charge is 2.13. The molecule has 0 fully saturated rings. The van der Waals surface area contributed by atoms with Crippen LogP contribution in [-0.2, 0) is 4.74 Å². The molecule has 1 aromatic heterocycles. The number of hydrazine groups is 1. The van der Waals surface area contributed by atoms with Gasteiger partial charge in [-0.2, -0.15) is 0 Å². The number of nitrogens with one attached hydrogen (secondary N) is 1. The number of rotatable bonds is 7. The van der Waals surface area contributed by atoms with E-state index in [1.54, 1.807) is 12.3 Å².